The van der Waals surface area contributed by atoms with Crippen molar-refractivity contribution in [3.05, 3.63) is 102 Å². The fourth-order valence-corrected chi connectivity index (χ4v) is 3.95. The average Bonchev–Trinajstić information content (AvgIpc) is 3.28. The highest BCUT2D eigenvalue weighted by molar-refractivity contribution is 6.00. The molecule has 2 aromatic carbocycles. The lowest BCUT2D eigenvalue weighted by Crippen LogP contribution is -2.15. The van der Waals surface area contributed by atoms with Gasteiger partial charge in [-0.15, -0.1) is 0 Å². The largest absolute Gasteiger partial charge is 0.480 e. The molecule has 0 amide bonds. The fraction of sp³-hybridized carbons (Fsp3) is 0.382. The van der Waals surface area contributed by atoms with Gasteiger partial charge in [-0.25, -0.2) is 9.37 Å². The van der Waals surface area contributed by atoms with Gasteiger partial charge in [0.1, 0.15) is 11.5 Å². The summed E-state index contributed by atoms with van der Waals surface area (Å²) in [5.74, 6) is 1.10. The summed E-state index contributed by atoms with van der Waals surface area (Å²) < 4.78 is 21.4. The van der Waals surface area contributed by atoms with E-state index in [0.717, 1.165) is 59.2 Å². The van der Waals surface area contributed by atoms with Crippen LogP contribution in [0.1, 0.15) is 75.5 Å². The number of benzene rings is 2. The van der Waals surface area contributed by atoms with Gasteiger partial charge in [-0.05, 0) is 82.4 Å². The average molecular weight is 560 g/mol. The van der Waals surface area contributed by atoms with E-state index in [4.69, 9.17) is 4.74 Å². The fourth-order valence-electron chi connectivity index (χ4n) is 3.95. The summed E-state index contributed by atoms with van der Waals surface area (Å²) in [5, 5.41) is 3.23. The van der Waals surface area contributed by atoms with Crippen LogP contribution in [0.5, 0.6) is 0 Å². The van der Waals surface area contributed by atoms with Crippen molar-refractivity contribution in [2.75, 3.05) is 6.61 Å². The minimum atomic E-state index is -0.307. The van der Waals surface area contributed by atoms with Crippen molar-refractivity contribution in [1.82, 2.24) is 14.9 Å². The highest BCUT2D eigenvalue weighted by Gasteiger charge is 2.10. The molecule has 7 heteroatoms. The number of aliphatic imine (C=N–C) groups is 2. The maximum absolute atomic E-state index is 13.5. The second kappa shape index (κ2) is 17.0. The maximum Gasteiger partial charge on any atom is 0.179 e. The minimum absolute atomic E-state index is 0.307. The van der Waals surface area contributed by atoms with Crippen LogP contribution in [0.3, 0.4) is 0 Å². The van der Waals surface area contributed by atoms with Crippen molar-refractivity contribution in [3.8, 4) is 0 Å². The molecule has 1 heterocycles. The Bertz CT molecular complexity index is 1350. The molecule has 0 fully saturated rings. The monoisotopic (exact) mass is 559 g/mol. The Hall–Kier alpha value is -4.00. The normalized spacial score (nSPS) is 11.4. The second-order valence-electron chi connectivity index (χ2n) is 10.6. The zero-order valence-electron chi connectivity index (χ0n) is 25.8. The molecule has 0 bridgehead atoms. The standard InChI is InChI=1S/C30H36FN5O.C4H10/c1-7-32-29-14-13-26(17-21(29)2)19-33-25(6)37-16-9-8-15-36-20-34-30(24(36)5)23(4)35-22(3)27-11-10-12-28(31)18-27;1-4(2)3/h7,10-14,17-18,20,33H,3,6,8-9,15-16,19H2,1-2,4-5H3;4H,1-3H3. The molecule has 0 spiro atoms. The molecule has 0 saturated heterocycles. The minimum Gasteiger partial charge on any atom is -0.480 e. The Kier molecular flexibility index (Phi) is 13.7. The number of imidazole rings is 1. The quantitative estimate of drug-likeness (QED) is 0.130. The summed E-state index contributed by atoms with van der Waals surface area (Å²) in [6.07, 6.45) is 5.45. The molecular formula is C34H46FN5O. The van der Waals surface area contributed by atoms with Crippen LogP contribution in [0.4, 0.5) is 10.1 Å². The smallest absolute Gasteiger partial charge is 0.179 e. The topological polar surface area (TPSA) is 63.8 Å². The Morgan fingerprint density at radius 1 is 1.12 bits per heavy atom. The third kappa shape index (κ3) is 11.6. The first kappa shape index (κ1) is 33.2. The molecular weight excluding hydrogens is 513 g/mol. The number of nitrogens with zero attached hydrogens (tertiary/aromatic N) is 4. The molecule has 1 N–H and O–H groups in total. The van der Waals surface area contributed by atoms with Crippen LogP contribution in [0.25, 0.3) is 5.70 Å². The van der Waals surface area contributed by atoms with Gasteiger partial charge in [0, 0.05) is 30.6 Å². The second-order valence-corrected chi connectivity index (χ2v) is 10.6. The number of aromatic nitrogens is 2. The molecule has 0 aliphatic carbocycles. The van der Waals surface area contributed by atoms with Crippen molar-refractivity contribution in [2.45, 2.75) is 74.4 Å². The number of hydrogen-bond donors (Lipinski definition) is 1. The summed E-state index contributed by atoms with van der Waals surface area (Å²) in [4.78, 5) is 13.4. The third-order valence-corrected chi connectivity index (χ3v) is 5.99. The highest BCUT2D eigenvalue weighted by Crippen LogP contribution is 2.20. The molecule has 0 aliphatic heterocycles. The predicted octanol–water partition coefficient (Wildman–Crippen LogP) is 8.56. The number of nitrogens with one attached hydrogen (secondary N) is 1. The molecule has 0 atom stereocenters. The van der Waals surface area contributed by atoms with Crippen LogP contribution in [0.15, 0.2) is 77.8 Å². The number of aryl methyl sites for hydroxylation is 2. The lowest BCUT2D eigenvalue weighted by Gasteiger charge is -2.12. The third-order valence-electron chi connectivity index (χ3n) is 5.99. The summed E-state index contributed by atoms with van der Waals surface area (Å²) in [6, 6.07) is 12.5. The van der Waals surface area contributed by atoms with E-state index in [1.165, 1.54) is 12.1 Å². The van der Waals surface area contributed by atoms with E-state index < -0.39 is 0 Å². The first-order chi connectivity index (χ1) is 19.5. The van der Waals surface area contributed by atoms with Crippen molar-refractivity contribution in [1.29, 1.82) is 0 Å². The number of hydrogen-bond acceptors (Lipinski definition) is 5. The Morgan fingerprint density at radius 2 is 1.85 bits per heavy atom. The number of halogens is 1. The lowest BCUT2D eigenvalue weighted by atomic mass is 10.1. The van der Waals surface area contributed by atoms with Crippen LogP contribution in [-0.4, -0.2) is 28.1 Å². The molecule has 0 saturated carbocycles. The van der Waals surface area contributed by atoms with E-state index in [-0.39, 0.29) is 5.82 Å². The Balaban J connectivity index is 0.00000138. The van der Waals surface area contributed by atoms with E-state index in [1.54, 1.807) is 18.3 Å². The molecule has 220 valence electrons. The van der Waals surface area contributed by atoms with E-state index in [9.17, 15) is 4.39 Å². The molecule has 41 heavy (non-hydrogen) atoms. The van der Waals surface area contributed by atoms with E-state index in [2.05, 4.69) is 77.8 Å². The van der Waals surface area contributed by atoms with E-state index >= 15 is 0 Å². The van der Waals surface area contributed by atoms with Gasteiger partial charge in [0.25, 0.3) is 0 Å². The van der Waals surface area contributed by atoms with Gasteiger partial charge in [0.2, 0.25) is 0 Å². The van der Waals surface area contributed by atoms with Crippen molar-refractivity contribution < 1.29 is 9.13 Å². The maximum atomic E-state index is 13.5. The van der Waals surface area contributed by atoms with Gasteiger partial charge >= 0.3 is 0 Å². The number of ether oxygens (including phenoxy) is 1. The van der Waals surface area contributed by atoms with E-state index in [0.29, 0.717) is 30.3 Å². The van der Waals surface area contributed by atoms with Crippen LogP contribution in [0.2, 0.25) is 0 Å². The SMILES string of the molecule is C=C(NCc1ccc(N=CC)c(C)c1)OCCCCn1cnc(C(C)=NC(=C)c2cccc(F)c2)c1C.CC(C)C. The molecule has 0 radical (unpaired) electrons. The van der Waals surface area contributed by atoms with Gasteiger partial charge in [-0.2, -0.15) is 0 Å². The summed E-state index contributed by atoms with van der Waals surface area (Å²) in [5.41, 5.74) is 7.04. The molecule has 6 nitrogen and oxygen atoms in total. The van der Waals surface area contributed by atoms with E-state index in [1.807, 2.05) is 33.2 Å². The van der Waals surface area contributed by atoms with Crippen LogP contribution in [-0.2, 0) is 17.8 Å². The van der Waals surface area contributed by atoms with Crippen molar-refractivity contribution >= 4 is 23.3 Å². The summed E-state index contributed by atoms with van der Waals surface area (Å²) in [6.45, 7) is 24.4. The first-order valence-corrected chi connectivity index (χ1v) is 14.2. The van der Waals surface area contributed by atoms with Crippen LogP contribution < -0.4 is 5.32 Å². The van der Waals surface area contributed by atoms with Gasteiger partial charge in [0.15, 0.2) is 5.88 Å². The van der Waals surface area contributed by atoms with Crippen LogP contribution in [0, 0.1) is 25.6 Å². The van der Waals surface area contributed by atoms with Gasteiger partial charge in [-0.1, -0.05) is 51.6 Å². The Morgan fingerprint density at radius 3 is 2.51 bits per heavy atom. The molecule has 3 aromatic rings. The van der Waals surface area contributed by atoms with Gasteiger partial charge in [-0.3, -0.25) is 9.98 Å². The highest BCUT2D eigenvalue weighted by atomic mass is 19.1. The Labute approximate surface area is 245 Å². The number of rotatable bonds is 13. The lowest BCUT2D eigenvalue weighted by molar-refractivity contribution is 0.184. The molecule has 0 unspecified atom stereocenters. The summed E-state index contributed by atoms with van der Waals surface area (Å²) in [7, 11) is 0. The molecule has 3 rings (SSSR count). The predicted molar refractivity (Wildman–Crippen MR) is 171 cm³/mol. The van der Waals surface area contributed by atoms with Crippen LogP contribution >= 0.6 is 0 Å². The number of unbranched alkanes of at least 4 members (excludes halogenated alkanes) is 1. The zero-order chi connectivity index (χ0) is 30.4. The van der Waals surface area contributed by atoms with Gasteiger partial charge in [0.05, 0.1) is 30.0 Å². The zero-order valence-corrected chi connectivity index (χ0v) is 25.8. The van der Waals surface area contributed by atoms with Crippen molar-refractivity contribution in [3.63, 3.8) is 0 Å². The first-order valence-electron chi connectivity index (χ1n) is 14.2. The molecule has 1 aromatic heterocycles. The molecule has 0 aliphatic rings. The van der Waals surface area contributed by atoms with Crippen molar-refractivity contribution in [2.24, 2.45) is 15.9 Å². The van der Waals surface area contributed by atoms with Gasteiger partial charge < -0.3 is 14.6 Å². The summed E-state index contributed by atoms with van der Waals surface area (Å²) >= 11 is 0.